The van der Waals surface area contributed by atoms with Crippen molar-refractivity contribution in [1.29, 1.82) is 0 Å². The Hall–Kier alpha value is -1.68. The molecule has 96 valence electrons. The second-order valence-electron chi connectivity index (χ2n) is 4.18. The monoisotopic (exact) mass is 265 g/mol. The molecule has 0 aromatic heterocycles. The minimum absolute atomic E-state index is 0.709. The van der Waals surface area contributed by atoms with E-state index < -0.39 is 0 Å². The fraction of sp³-hybridized carbons (Fsp3) is 0.308. The first-order valence-electron chi connectivity index (χ1n) is 5.82. The van der Waals surface area contributed by atoms with Crippen molar-refractivity contribution in [3.05, 3.63) is 35.4 Å². The molecule has 18 heavy (non-hydrogen) atoms. The molecule has 0 unspecified atom stereocenters. The van der Waals surface area contributed by atoms with Gasteiger partial charge in [0.15, 0.2) is 0 Å². The van der Waals surface area contributed by atoms with Crippen LogP contribution in [0.1, 0.15) is 6.42 Å². The summed E-state index contributed by atoms with van der Waals surface area (Å²) in [5.74, 6) is 0. The molecule has 0 aliphatic carbocycles. The number of halogens is 1. The van der Waals surface area contributed by atoms with Crippen LogP contribution in [0.4, 0.5) is 11.4 Å². The van der Waals surface area contributed by atoms with Gasteiger partial charge in [-0.15, -0.1) is 0 Å². The molecule has 0 amide bonds. The Kier molecular flexibility index (Phi) is 4.10. The van der Waals surface area contributed by atoms with Gasteiger partial charge < -0.3 is 15.0 Å². The number of hydrogen-bond donors (Lipinski definition) is 1. The maximum absolute atomic E-state index is 8.50. The van der Waals surface area contributed by atoms with Crippen molar-refractivity contribution in [3.8, 4) is 0 Å². The fourth-order valence-electron chi connectivity index (χ4n) is 1.98. The van der Waals surface area contributed by atoms with Gasteiger partial charge in [-0.25, -0.2) is 0 Å². The lowest BCUT2D eigenvalue weighted by atomic mass is 10.2. The van der Waals surface area contributed by atoms with E-state index in [0.717, 1.165) is 30.9 Å². The SMILES string of the molecule is CN(/C=N/O)c1ccc(N2CC=CCC2)c(Cl)c1. The summed E-state index contributed by atoms with van der Waals surface area (Å²) in [7, 11) is 1.80. The largest absolute Gasteiger partial charge is 0.410 e. The minimum Gasteiger partial charge on any atom is -0.410 e. The van der Waals surface area contributed by atoms with Gasteiger partial charge in [-0.05, 0) is 24.6 Å². The number of hydrogen-bond acceptors (Lipinski definition) is 3. The first kappa shape index (κ1) is 12.8. The van der Waals surface area contributed by atoms with Gasteiger partial charge in [-0.2, -0.15) is 0 Å². The smallest absolute Gasteiger partial charge is 0.135 e. The molecule has 1 heterocycles. The van der Waals surface area contributed by atoms with Crippen LogP contribution in [0.15, 0.2) is 35.5 Å². The lowest BCUT2D eigenvalue weighted by molar-refractivity contribution is 0.321. The molecule has 0 saturated heterocycles. The van der Waals surface area contributed by atoms with E-state index in [2.05, 4.69) is 22.2 Å². The molecular formula is C13H16ClN3O. The maximum atomic E-state index is 8.50. The Bertz CT molecular complexity index is 473. The molecule has 0 spiro atoms. The van der Waals surface area contributed by atoms with E-state index in [1.807, 2.05) is 18.2 Å². The van der Waals surface area contributed by atoms with Crippen LogP contribution in [-0.4, -0.2) is 31.7 Å². The average molecular weight is 266 g/mol. The van der Waals surface area contributed by atoms with Crippen molar-refractivity contribution in [2.45, 2.75) is 6.42 Å². The van der Waals surface area contributed by atoms with E-state index >= 15 is 0 Å². The molecule has 1 aliphatic rings. The zero-order chi connectivity index (χ0) is 13.0. The molecule has 5 heteroatoms. The number of nitrogens with zero attached hydrogens (tertiary/aromatic N) is 3. The zero-order valence-corrected chi connectivity index (χ0v) is 11.0. The summed E-state index contributed by atoms with van der Waals surface area (Å²) < 4.78 is 0. The Morgan fingerprint density at radius 2 is 2.28 bits per heavy atom. The van der Waals surface area contributed by atoms with Gasteiger partial charge in [-0.3, -0.25) is 0 Å². The van der Waals surface area contributed by atoms with Crippen molar-refractivity contribution < 1.29 is 5.21 Å². The molecular weight excluding hydrogens is 250 g/mol. The van der Waals surface area contributed by atoms with Crippen molar-refractivity contribution in [1.82, 2.24) is 0 Å². The predicted molar refractivity (Wildman–Crippen MR) is 76.1 cm³/mol. The van der Waals surface area contributed by atoms with Gasteiger partial charge in [0.2, 0.25) is 0 Å². The maximum Gasteiger partial charge on any atom is 0.135 e. The fourth-order valence-corrected chi connectivity index (χ4v) is 2.27. The van der Waals surface area contributed by atoms with Crippen LogP contribution in [0, 0.1) is 0 Å². The highest BCUT2D eigenvalue weighted by Gasteiger charge is 2.12. The quantitative estimate of drug-likeness (QED) is 0.300. The highest BCUT2D eigenvalue weighted by molar-refractivity contribution is 6.33. The number of benzene rings is 1. The standard InChI is InChI=1S/C13H16ClN3O/c1-16(10-15-18)11-5-6-13(12(14)9-11)17-7-3-2-4-8-17/h2-3,5-6,9-10,18H,4,7-8H2,1H3/b15-10+. The zero-order valence-electron chi connectivity index (χ0n) is 10.3. The molecule has 0 radical (unpaired) electrons. The normalized spacial score (nSPS) is 15.3. The molecule has 1 N–H and O–H groups in total. The summed E-state index contributed by atoms with van der Waals surface area (Å²) >= 11 is 6.31. The summed E-state index contributed by atoms with van der Waals surface area (Å²) in [6, 6.07) is 5.83. The van der Waals surface area contributed by atoms with Gasteiger partial charge in [0, 0.05) is 25.8 Å². The van der Waals surface area contributed by atoms with Crippen molar-refractivity contribution >= 4 is 29.3 Å². The van der Waals surface area contributed by atoms with Crippen LogP contribution in [0.3, 0.4) is 0 Å². The van der Waals surface area contributed by atoms with Gasteiger partial charge in [0.05, 0.1) is 10.7 Å². The van der Waals surface area contributed by atoms with Gasteiger partial charge in [-0.1, -0.05) is 28.9 Å². The molecule has 1 aromatic rings. The van der Waals surface area contributed by atoms with E-state index in [-0.39, 0.29) is 0 Å². The van der Waals surface area contributed by atoms with Crippen LogP contribution in [0.5, 0.6) is 0 Å². The first-order valence-corrected chi connectivity index (χ1v) is 6.20. The van der Waals surface area contributed by atoms with Crippen molar-refractivity contribution in [2.75, 3.05) is 29.9 Å². The summed E-state index contributed by atoms with van der Waals surface area (Å²) in [5, 5.41) is 12.2. The van der Waals surface area contributed by atoms with Crippen LogP contribution >= 0.6 is 11.6 Å². The topological polar surface area (TPSA) is 39.1 Å². The van der Waals surface area contributed by atoms with Crippen LogP contribution < -0.4 is 9.80 Å². The second kappa shape index (κ2) is 5.78. The first-order chi connectivity index (χ1) is 8.72. The third-order valence-electron chi connectivity index (χ3n) is 2.96. The molecule has 1 aliphatic heterocycles. The van der Waals surface area contributed by atoms with Crippen LogP contribution in [0.25, 0.3) is 0 Å². The number of oxime groups is 1. The lowest BCUT2D eigenvalue weighted by Gasteiger charge is -2.27. The van der Waals surface area contributed by atoms with E-state index in [0.29, 0.717) is 5.02 Å². The molecule has 4 nitrogen and oxygen atoms in total. The summed E-state index contributed by atoms with van der Waals surface area (Å²) in [6.45, 7) is 1.89. The Balaban J connectivity index is 2.22. The summed E-state index contributed by atoms with van der Waals surface area (Å²) in [6.07, 6.45) is 6.71. The third kappa shape index (κ3) is 2.76. The average Bonchev–Trinajstić information content (AvgIpc) is 2.40. The van der Waals surface area contributed by atoms with Gasteiger partial charge >= 0.3 is 0 Å². The highest BCUT2D eigenvalue weighted by atomic mass is 35.5. The Labute approximate surface area is 112 Å². The number of anilines is 2. The summed E-state index contributed by atoms with van der Waals surface area (Å²) in [5.41, 5.74) is 1.92. The molecule has 0 saturated carbocycles. The molecule has 1 aromatic carbocycles. The molecule has 0 fully saturated rings. The predicted octanol–water partition coefficient (Wildman–Crippen LogP) is 2.96. The third-order valence-corrected chi connectivity index (χ3v) is 3.26. The number of rotatable bonds is 3. The van der Waals surface area contributed by atoms with Crippen LogP contribution in [0.2, 0.25) is 5.02 Å². The van der Waals surface area contributed by atoms with E-state index in [1.165, 1.54) is 6.34 Å². The Morgan fingerprint density at radius 3 is 2.89 bits per heavy atom. The van der Waals surface area contributed by atoms with Gasteiger partial charge in [0.25, 0.3) is 0 Å². The van der Waals surface area contributed by atoms with E-state index in [1.54, 1.807) is 11.9 Å². The Morgan fingerprint density at radius 1 is 1.44 bits per heavy atom. The van der Waals surface area contributed by atoms with E-state index in [4.69, 9.17) is 16.8 Å². The molecule has 2 rings (SSSR count). The van der Waals surface area contributed by atoms with E-state index in [9.17, 15) is 0 Å². The summed E-state index contributed by atoms with van der Waals surface area (Å²) in [4.78, 5) is 3.94. The minimum atomic E-state index is 0.709. The van der Waals surface area contributed by atoms with Crippen LogP contribution in [-0.2, 0) is 0 Å². The van der Waals surface area contributed by atoms with Crippen molar-refractivity contribution in [2.24, 2.45) is 5.16 Å². The van der Waals surface area contributed by atoms with Crippen molar-refractivity contribution in [3.63, 3.8) is 0 Å². The molecule has 0 atom stereocenters. The molecule has 0 bridgehead atoms. The lowest BCUT2D eigenvalue weighted by Crippen LogP contribution is -2.27. The van der Waals surface area contributed by atoms with Gasteiger partial charge in [0.1, 0.15) is 6.34 Å². The second-order valence-corrected chi connectivity index (χ2v) is 4.59. The highest BCUT2D eigenvalue weighted by Crippen LogP contribution is 2.30.